The van der Waals surface area contributed by atoms with Crippen molar-refractivity contribution in [1.29, 1.82) is 0 Å². The Labute approximate surface area is 116 Å². The molecule has 0 aliphatic rings. The molecule has 0 atom stereocenters. The second-order valence-corrected chi connectivity index (χ2v) is 5.19. The van der Waals surface area contributed by atoms with E-state index in [0.717, 1.165) is 8.95 Å². The molecule has 0 aliphatic heterocycles. The number of rotatable bonds is 2. The van der Waals surface area contributed by atoms with Crippen molar-refractivity contribution in [3.05, 3.63) is 63.0 Å². The van der Waals surface area contributed by atoms with E-state index in [1.807, 2.05) is 12.1 Å². The van der Waals surface area contributed by atoms with Gasteiger partial charge in [-0.25, -0.2) is 4.79 Å². The molecular formula is C13H8Br2O2. The van der Waals surface area contributed by atoms with Gasteiger partial charge >= 0.3 is 5.97 Å². The highest BCUT2D eigenvalue weighted by atomic mass is 79.9. The molecule has 0 saturated carbocycles. The van der Waals surface area contributed by atoms with Crippen LogP contribution in [0, 0.1) is 0 Å². The fourth-order valence-corrected chi connectivity index (χ4v) is 1.92. The molecule has 0 fully saturated rings. The van der Waals surface area contributed by atoms with Gasteiger partial charge in [-0.15, -0.1) is 0 Å². The van der Waals surface area contributed by atoms with Gasteiger partial charge in [0.25, 0.3) is 0 Å². The Morgan fingerprint density at radius 2 is 1.65 bits per heavy atom. The third-order valence-electron chi connectivity index (χ3n) is 2.09. The first-order valence-electron chi connectivity index (χ1n) is 4.88. The Balaban J connectivity index is 2.14. The van der Waals surface area contributed by atoms with Crippen LogP contribution in [-0.2, 0) is 0 Å². The molecule has 0 amide bonds. The van der Waals surface area contributed by atoms with Gasteiger partial charge in [0.15, 0.2) is 0 Å². The highest BCUT2D eigenvalue weighted by Crippen LogP contribution is 2.19. The summed E-state index contributed by atoms with van der Waals surface area (Å²) in [6.45, 7) is 0. The number of carbonyl (C=O) groups is 1. The Bertz CT molecular complexity index is 535. The Hall–Kier alpha value is -1.13. The summed E-state index contributed by atoms with van der Waals surface area (Å²) >= 11 is 6.63. The zero-order valence-electron chi connectivity index (χ0n) is 8.69. The van der Waals surface area contributed by atoms with Crippen molar-refractivity contribution in [1.82, 2.24) is 0 Å². The van der Waals surface area contributed by atoms with Crippen molar-refractivity contribution in [2.75, 3.05) is 0 Å². The minimum absolute atomic E-state index is 0.365. The van der Waals surface area contributed by atoms with E-state index in [1.54, 1.807) is 36.4 Å². The molecule has 0 heterocycles. The molecule has 2 nitrogen and oxygen atoms in total. The van der Waals surface area contributed by atoms with Crippen molar-refractivity contribution in [2.45, 2.75) is 0 Å². The number of benzene rings is 2. The Kier molecular flexibility index (Phi) is 3.97. The second-order valence-electron chi connectivity index (χ2n) is 3.35. The van der Waals surface area contributed by atoms with E-state index in [4.69, 9.17) is 4.74 Å². The highest BCUT2D eigenvalue weighted by Gasteiger charge is 2.08. The first-order valence-corrected chi connectivity index (χ1v) is 6.47. The van der Waals surface area contributed by atoms with Crippen LogP contribution in [0.4, 0.5) is 0 Å². The molecule has 0 radical (unpaired) electrons. The molecule has 0 unspecified atom stereocenters. The summed E-state index contributed by atoms with van der Waals surface area (Å²) in [6, 6.07) is 14.2. The van der Waals surface area contributed by atoms with E-state index >= 15 is 0 Å². The predicted octanol–water partition coefficient (Wildman–Crippen LogP) is 4.43. The predicted molar refractivity (Wildman–Crippen MR) is 73.2 cm³/mol. The van der Waals surface area contributed by atoms with Gasteiger partial charge in [-0.05, 0) is 42.5 Å². The molecule has 86 valence electrons. The zero-order chi connectivity index (χ0) is 12.3. The van der Waals surface area contributed by atoms with Crippen LogP contribution >= 0.6 is 31.9 Å². The van der Waals surface area contributed by atoms with Crippen LogP contribution in [0.5, 0.6) is 5.75 Å². The quantitative estimate of drug-likeness (QED) is 0.588. The zero-order valence-corrected chi connectivity index (χ0v) is 11.9. The SMILES string of the molecule is O=C(Oc1cccc(Br)c1)c1ccc(Br)cc1. The smallest absolute Gasteiger partial charge is 0.343 e. The molecule has 2 rings (SSSR count). The monoisotopic (exact) mass is 354 g/mol. The molecular weight excluding hydrogens is 348 g/mol. The first kappa shape index (κ1) is 12.3. The minimum Gasteiger partial charge on any atom is -0.423 e. The summed E-state index contributed by atoms with van der Waals surface area (Å²) < 4.78 is 7.04. The molecule has 2 aromatic rings. The average Bonchev–Trinajstić information content (AvgIpc) is 2.29. The van der Waals surface area contributed by atoms with Crippen LogP contribution in [0.3, 0.4) is 0 Å². The maximum Gasteiger partial charge on any atom is 0.343 e. The maximum absolute atomic E-state index is 11.8. The van der Waals surface area contributed by atoms with Crippen molar-refractivity contribution in [3.63, 3.8) is 0 Å². The molecule has 2 aromatic carbocycles. The molecule has 0 aromatic heterocycles. The molecule has 0 aliphatic carbocycles. The lowest BCUT2D eigenvalue weighted by Gasteiger charge is -2.04. The van der Waals surface area contributed by atoms with Crippen molar-refractivity contribution in [3.8, 4) is 5.75 Å². The number of carbonyl (C=O) groups excluding carboxylic acids is 1. The van der Waals surface area contributed by atoms with Crippen LogP contribution in [0.15, 0.2) is 57.5 Å². The van der Waals surface area contributed by atoms with Crippen LogP contribution < -0.4 is 4.74 Å². The average molecular weight is 356 g/mol. The number of halogens is 2. The van der Waals surface area contributed by atoms with Gasteiger partial charge in [0.2, 0.25) is 0 Å². The highest BCUT2D eigenvalue weighted by molar-refractivity contribution is 9.10. The normalized spacial score (nSPS) is 10.0. The molecule has 0 N–H and O–H groups in total. The van der Waals surface area contributed by atoms with E-state index in [0.29, 0.717) is 11.3 Å². The topological polar surface area (TPSA) is 26.3 Å². The summed E-state index contributed by atoms with van der Waals surface area (Å²) in [5.41, 5.74) is 0.521. The largest absolute Gasteiger partial charge is 0.423 e. The van der Waals surface area contributed by atoms with Crippen molar-refractivity contribution in [2.24, 2.45) is 0 Å². The lowest BCUT2D eigenvalue weighted by molar-refractivity contribution is 0.0734. The van der Waals surface area contributed by atoms with E-state index in [-0.39, 0.29) is 5.97 Å². The summed E-state index contributed by atoms with van der Waals surface area (Å²) in [6.07, 6.45) is 0. The summed E-state index contributed by atoms with van der Waals surface area (Å²) in [7, 11) is 0. The van der Waals surface area contributed by atoms with Gasteiger partial charge in [0.05, 0.1) is 5.56 Å². The first-order chi connectivity index (χ1) is 8.15. The van der Waals surface area contributed by atoms with Gasteiger partial charge in [0, 0.05) is 8.95 Å². The summed E-state index contributed by atoms with van der Waals surface area (Å²) in [5.74, 6) is 0.155. The van der Waals surface area contributed by atoms with Crippen molar-refractivity contribution >= 4 is 37.8 Å². The minimum atomic E-state index is -0.365. The van der Waals surface area contributed by atoms with Crippen LogP contribution in [-0.4, -0.2) is 5.97 Å². The summed E-state index contributed by atoms with van der Waals surface area (Å²) in [5, 5.41) is 0. The third-order valence-corrected chi connectivity index (χ3v) is 3.11. The third kappa shape index (κ3) is 3.41. The van der Waals surface area contributed by atoms with E-state index in [1.165, 1.54) is 0 Å². The fourth-order valence-electron chi connectivity index (χ4n) is 1.28. The molecule has 17 heavy (non-hydrogen) atoms. The van der Waals surface area contributed by atoms with Crippen LogP contribution in [0.1, 0.15) is 10.4 Å². The van der Waals surface area contributed by atoms with Crippen LogP contribution in [0.2, 0.25) is 0 Å². The Morgan fingerprint density at radius 3 is 2.29 bits per heavy atom. The number of hydrogen-bond acceptors (Lipinski definition) is 2. The van der Waals surface area contributed by atoms with Gasteiger partial charge in [-0.2, -0.15) is 0 Å². The van der Waals surface area contributed by atoms with Gasteiger partial charge in [0.1, 0.15) is 5.75 Å². The maximum atomic E-state index is 11.8. The lowest BCUT2D eigenvalue weighted by Crippen LogP contribution is -2.08. The molecule has 0 bridgehead atoms. The molecule has 4 heteroatoms. The lowest BCUT2D eigenvalue weighted by atomic mass is 10.2. The number of ether oxygens (including phenoxy) is 1. The van der Waals surface area contributed by atoms with E-state index in [9.17, 15) is 4.79 Å². The standard InChI is InChI=1S/C13H8Br2O2/c14-10-6-4-9(5-7-10)13(16)17-12-3-1-2-11(15)8-12/h1-8H. The number of hydrogen-bond donors (Lipinski definition) is 0. The second kappa shape index (κ2) is 5.47. The fraction of sp³-hybridized carbons (Fsp3) is 0. The molecule has 0 spiro atoms. The van der Waals surface area contributed by atoms with Gasteiger partial charge in [-0.3, -0.25) is 0 Å². The summed E-state index contributed by atoms with van der Waals surface area (Å²) in [4.78, 5) is 11.8. The Morgan fingerprint density at radius 1 is 0.941 bits per heavy atom. The van der Waals surface area contributed by atoms with Gasteiger partial charge in [-0.1, -0.05) is 37.9 Å². The van der Waals surface area contributed by atoms with E-state index < -0.39 is 0 Å². The van der Waals surface area contributed by atoms with Gasteiger partial charge < -0.3 is 4.74 Å². The number of esters is 1. The van der Waals surface area contributed by atoms with Crippen LogP contribution in [0.25, 0.3) is 0 Å². The van der Waals surface area contributed by atoms with Crippen molar-refractivity contribution < 1.29 is 9.53 Å². The van der Waals surface area contributed by atoms with E-state index in [2.05, 4.69) is 31.9 Å². The molecule has 0 saturated heterocycles.